The summed E-state index contributed by atoms with van der Waals surface area (Å²) in [5, 5.41) is 10.1. The largest absolute Gasteiger partial charge is 0.508 e. The van der Waals surface area contributed by atoms with Gasteiger partial charge in [-0.05, 0) is 0 Å². The summed E-state index contributed by atoms with van der Waals surface area (Å²) in [5.41, 5.74) is 0. The summed E-state index contributed by atoms with van der Waals surface area (Å²) in [6.07, 6.45) is -8.34. The molecule has 5 atom stereocenters. The van der Waals surface area contributed by atoms with Crippen LogP contribution >= 0.6 is 0 Å². The van der Waals surface area contributed by atoms with Crippen molar-refractivity contribution in [2.45, 2.75) is 51.5 Å². The number of esters is 3. The van der Waals surface area contributed by atoms with Crippen LogP contribution in [0.5, 0.6) is 0 Å². The molecule has 1 N–H and O–H groups in total. The SMILES string of the molecule is COC(=O)O[C@H]1C(O)O[C@H](COC(C)=O)[C@H](OC(C)=O)[C@@H]1OC(C)=O. The lowest BCUT2D eigenvalue weighted by Crippen LogP contribution is -2.62. The Bertz CT molecular complexity index is 517. The first-order valence-electron chi connectivity index (χ1n) is 7.21. The molecule has 0 bridgehead atoms. The Hall–Kier alpha value is -2.40. The van der Waals surface area contributed by atoms with Gasteiger partial charge >= 0.3 is 24.1 Å². The van der Waals surface area contributed by atoms with E-state index in [2.05, 4.69) is 4.74 Å². The van der Waals surface area contributed by atoms with Crippen molar-refractivity contribution >= 4 is 24.1 Å². The maximum atomic E-state index is 11.4. The van der Waals surface area contributed by atoms with Crippen LogP contribution in [0, 0.1) is 0 Å². The predicted molar refractivity (Wildman–Crippen MR) is 75.9 cm³/mol. The van der Waals surface area contributed by atoms with Crippen molar-refractivity contribution in [2.24, 2.45) is 0 Å². The van der Waals surface area contributed by atoms with E-state index >= 15 is 0 Å². The van der Waals surface area contributed by atoms with E-state index < -0.39 is 61.4 Å². The lowest BCUT2D eigenvalue weighted by Gasteiger charge is -2.42. The number of hydrogen-bond acceptors (Lipinski definition) is 11. The summed E-state index contributed by atoms with van der Waals surface area (Å²) in [4.78, 5) is 45.1. The van der Waals surface area contributed by atoms with Crippen molar-refractivity contribution in [2.75, 3.05) is 13.7 Å². The molecule has 11 heteroatoms. The van der Waals surface area contributed by atoms with Gasteiger partial charge in [-0.3, -0.25) is 14.4 Å². The maximum absolute atomic E-state index is 11.4. The number of carbonyl (C=O) groups excluding carboxylic acids is 4. The summed E-state index contributed by atoms with van der Waals surface area (Å²) in [7, 11) is 1.03. The molecule has 1 aliphatic rings. The van der Waals surface area contributed by atoms with E-state index in [0.717, 1.165) is 27.9 Å². The molecule has 1 heterocycles. The zero-order chi connectivity index (χ0) is 19.1. The van der Waals surface area contributed by atoms with Gasteiger partial charge in [0.15, 0.2) is 24.6 Å². The van der Waals surface area contributed by atoms with Gasteiger partial charge in [0, 0.05) is 20.8 Å². The topological polar surface area (TPSA) is 144 Å². The Kier molecular flexibility index (Phi) is 7.58. The summed E-state index contributed by atoms with van der Waals surface area (Å²) in [5.74, 6) is -2.19. The molecule has 0 aromatic rings. The molecular weight excluding hydrogens is 344 g/mol. The average molecular weight is 364 g/mol. The summed E-state index contributed by atoms with van der Waals surface area (Å²) in [6, 6.07) is 0. The summed E-state index contributed by atoms with van der Waals surface area (Å²) < 4.78 is 29.3. The molecule has 1 fully saturated rings. The van der Waals surface area contributed by atoms with Crippen LogP contribution in [0.15, 0.2) is 0 Å². The third kappa shape index (κ3) is 6.19. The number of hydrogen-bond donors (Lipinski definition) is 1. The van der Waals surface area contributed by atoms with Crippen LogP contribution in [-0.4, -0.2) is 73.6 Å². The molecule has 0 radical (unpaired) electrons. The van der Waals surface area contributed by atoms with Gasteiger partial charge in [-0.1, -0.05) is 0 Å². The van der Waals surface area contributed by atoms with Crippen molar-refractivity contribution < 1.29 is 52.7 Å². The van der Waals surface area contributed by atoms with E-state index in [1.54, 1.807) is 0 Å². The highest BCUT2D eigenvalue weighted by molar-refractivity contribution is 5.68. The average Bonchev–Trinajstić information content (AvgIpc) is 2.50. The zero-order valence-electron chi connectivity index (χ0n) is 14.1. The Morgan fingerprint density at radius 2 is 1.44 bits per heavy atom. The van der Waals surface area contributed by atoms with Gasteiger partial charge in [0.25, 0.3) is 0 Å². The Morgan fingerprint density at radius 3 is 1.92 bits per heavy atom. The minimum atomic E-state index is -1.75. The molecule has 1 unspecified atom stereocenters. The number of ether oxygens (including phenoxy) is 6. The number of aliphatic hydroxyl groups excluding tert-OH is 1. The quantitative estimate of drug-likeness (QED) is 0.487. The first-order chi connectivity index (χ1) is 11.6. The van der Waals surface area contributed by atoms with E-state index in [1.807, 2.05) is 0 Å². The van der Waals surface area contributed by atoms with Gasteiger partial charge in [0.1, 0.15) is 12.7 Å². The standard InChI is InChI=1S/C14H20O11/c1-6(15)21-5-9-10(22-7(2)16)11(23-8(3)17)12(13(18)24-9)25-14(19)20-4/h9-13,18H,5H2,1-4H3/t9-,10+,11+,12-,13?/m1/s1. The molecule has 1 saturated heterocycles. The van der Waals surface area contributed by atoms with Crippen molar-refractivity contribution in [1.82, 2.24) is 0 Å². The first-order valence-corrected chi connectivity index (χ1v) is 7.21. The van der Waals surface area contributed by atoms with Crippen LogP contribution in [-0.2, 0) is 42.8 Å². The second-order valence-corrected chi connectivity index (χ2v) is 5.05. The van der Waals surface area contributed by atoms with Crippen LogP contribution in [0.25, 0.3) is 0 Å². The molecule has 0 spiro atoms. The second kappa shape index (κ2) is 9.18. The van der Waals surface area contributed by atoms with Crippen molar-refractivity contribution in [1.29, 1.82) is 0 Å². The highest BCUT2D eigenvalue weighted by atomic mass is 16.8. The molecule has 11 nitrogen and oxygen atoms in total. The van der Waals surface area contributed by atoms with Gasteiger partial charge in [-0.15, -0.1) is 0 Å². The van der Waals surface area contributed by atoms with Gasteiger partial charge in [0.2, 0.25) is 0 Å². The molecular formula is C14H20O11. The normalized spacial score (nSPS) is 28.4. The van der Waals surface area contributed by atoms with Crippen LogP contribution < -0.4 is 0 Å². The third-order valence-electron chi connectivity index (χ3n) is 3.06. The van der Waals surface area contributed by atoms with Crippen molar-refractivity contribution in [3.63, 3.8) is 0 Å². The van der Waals surface area contributed by atoms with Gasteiger partial charge in [-0.2, -0.15) is 0 Å². The molecule has 0 saturated carbocycles. The molecule has 142 valence electrons. The van der Waals surface area contributed by atoms with E-state index in [9.17, 15) is 24.3 Å². The van der Waals surface area contributed by atoms with Gasteiger partial charge in [-0.25, -0.2) is 4.79 Å². The third-order valence-corrected chi connectivity index (χ3v) is 3.06. The predicted octanol–water partition coefficient (Wildman–Crippen LogP) is -0.718. The molecule has 0 aromatic carbocycles. The van der Waals surface area contributed by atoms with Crippen LogP contribution in [0.1, 0.15) is 20.8 Å². The monoisotopic (exact) mass is 364 g/mol. The smallest absolute Gasteiger partial charge is 0.463 e. The van der Waals surface area contributed by atoms with E-state index in [0.29, 0.717) is 0 Å². The van der Waals surface area contributed by atoms with Crippen LogP contribution in [0.2, 0.25) is 0 Å². The number of rotatable bonds is 5. The lowest BCUT2D eigenvalue weighted by molar-refractivity contribution is -0.294. The second-order valence-electron chi connectivity index (χ2n) is 5.05. The number of methoxy groups -OCH3 is 1. The van der Waals surface area contributed by atoms with Gasteiger partial charge in [0.05, 0.1) is 7.11 Å². The van der Waals surface area contributed by atoms with E-state index in [4.69, 9.17) is 23.7 Å². The fourth-order valence-corrected chi connectivity index (χ4v) is 2.17. The number of carbonyl (C=O) groups is 4. The zero-order valence-corrected chi connectivity index (χ0v) is 14.1. The number of aliphatic hydroxyl groups is 1. The highest BCUT2D eigenvalue weighted by Crippen LogP contribution is 2.28. The molecule has 0 aliphatic carbocycles. The van der Waals surface area contributed by atoms with E-state index in [1.165, 1.54) is 0 Å². The summed E-state index contributed by atoms with van der Waals surface area (Å²) >= 11 is 0. The molecule has 0 amide bonds. The Morgan fingerprint density at radius 1 is 0.880 bits per heavy atom. The molecule has 25 heavy (non-hydrogen) atoms. The first kappa shape index (κ1) is 20.6. The summed E-state index contributed by atoms with van der Waals surface area (Å²) in [6.45, 7) is 2.91. The minimum Gasteiger partial charge on any atom is -0.463 e. The maximum Gasteiger partial charge on any atom is 0.508 e. The fourth-order valence-electron chi connectivity index (χ4n) is 2.17. The van der Waals surface area contributed by atoms with E-state index in [-0.39, 0.29) is 0 Å². The van der Waals surface area contributed by atoms with Gasteiger partial charge < -0.3 is 33.5 Å². The fraction of sp³-hybridized carbons (Fsp3) is 0.714. The lowest BCUT2D eigenvalue weighted by atomic mass is 9.98. The molecule has 1 rings (SSSR count). The minimum absolute atomic E-state index is 0.396. The van der Waals surface area contributed by atoms with Crippen LogP contribution in [0.4, 0.5) is 4.79 Å². The van der Waals surface area contributed by atoms with Crippen LogP contribution in [0.3, 0.4) is 0 Å². The van der Waals surface area contributed by atoms with Crippen molar-refractivity contribution in [3.05, 3.63) is 0 Å². The Labute approximate surface area is 143 Å². The molecule has 0 aromatic heterocycles. The highest BCUT2D eigenvalue weighted by Gasteiger charge is 2.52. The Balaban J connectivity index is 3.12. The molecule has 1 aliphatic heterocycles. The van der Waals surface area contributed by atoms with Crippen molar-refractivity contribution in [3.8, 4) is 0 Å².